The van der Waals surface area contributed by atoms with Crippen molar-refractivity contribution in [2.75, 3.05) is 0 Å². The molecule has 0 bridgehead atoms. The Bertz CT molecular complexity index is 456. The van der Waals surface area contributed by atoms with E-state index in [1.807, 2.05) is 29.0 Å². The summed E-state index contributed by atoms with van der Waals surface area (Å²) in [6, 6.07) is 7.19. The van der Waals surface area contributed by atoms with Crippen molar-refractivity contribution in [2.24, 2.45) is 5.73 Å². The molecule has 0 aliphatic heterocycles. The SMILES string of the molecule is N[C@H](c1ccsc1)c1cccc(Br)c1O. The third-order valence-corrected chi connectivity index (χ3v) is 3.60. The van der Waals surface area contributed by atoms with Crippen LogP contribution in [0.3, 0.4) is 0 Å². The maximum Gasteiger partial charge on any atom is 0.134 e. The van der Waals surface area contributed by atoms with Crippen molar-refractivity contribution in [1.82, 2.24) is 0 Å². The highest BCUT2D eigenvalue weighted by atomic mass is 79.9. The number of nitrogens with two attached hydrogens (primary N) is 1. The molecular formula is C11H10BrNOS. The Morgan fingerprint density at radius 2 is 2.13 bits per heavy atom. The lowest BCUT2D eigenvalue weighted by atomic mass is 10.0. The van der Waals surface area contributed by atoms with Gasteiger partial charge in [0.25, 0.3) is 0 Å². The van der Waals surface area contributed by atoms with Crippen LogP contribution in [0.4, 0.5) is 0 Å². The average molecular weight is 284 g/mol. The zero-order chi connectivity index (χ0) is 10.8. The number of phenolic OH excluding ortho intramolecular Hbond substituents is 1. The zero-order valence-corrected chi connectivity index (χ0v) is 10.3. The maximum absolute atomic E-state index is 9.84. The second kappa shape index (κ2) is 4.35. The minimum Gasteiger partial charge on any atom is -0.506 e. The fourth-order valence-electron chi connectivity index (χ4n) is 1.41. The van der Waals surface area contributed by atoms with Gasteiger partial charge in [0.15, 0.2) is 0 Å². The second-order valence-electron chi connectivity index (χ2n) is 3.21. The number of hydrogen-bond donors (Lipinski definition) is 2. The number of hydrogen-bond acceptors (Lipinski definition) is 3. The summed E-state index contributed by atoms with van der Waals surface area (Å²) in [5, 5.41) is 13.8. The summed E-state index contributed by atoms with van der Waals surface area (Å²) in [7, 11) is 0. The topological polar surface area (TPSA) is 46.2 Å². The Morgan fingerprint density at radius 1 is 1.33 bits per heavy atom. The van der Waals surface area contributed by atoms with Gasteiger partial charge in [0.1, 0.15) is 5.75 Å². The summed E-state index contributed by atoms with van der Waals surface area (Å²) < 4.78 is 0.672. The van der Waals surface area contributed by atoms with E-state index in [0.717, 1.165) is 11.1 Å². The van der Waals surface area contributed by atoms with Gasteiger partial charge in [0, 0.05) is 5.56 Å². The van der Waals surface area contributed by atoms with Gasteiger partial charge in [-0.1, -0.05) is 12.1 Å². The van der Waals surface area contributed by atoms with Crippen LogP contribution in [0.15, 0.2) is 39.5 Å². The van der Waals surface area contributed by atoms with Crippen LogP contribution in [-0.4, -0.2) is 5.11 Å². The third kappa shape index (κ3) is 2.07. The van der Waals surface area contributed by atoms with Gasteiger partial charge >= 0.3 is 0 Å². The van der Waals surface area contributed by atoms with Crippen molar-refractivity contribution in [3.05, 3.63) is 50.6 Å². The number of para-hydroxylation sites is 1. The smallest absolute Gasteiger partial charge is 0.134 e. The van der Waals surface area contributed by atoms with Gasteiger partial charge in [-0.15, -0.1) is 0 Å². The standard InChI is InChI=1S/C11H10BrNOS/c12-9-3-1-2-8(11(9)14)10(13)7-4-5-15-6-7/h1-6,10,14H,13H2/t10-/m1/s1. The molecule has 0 saturated heterocycles. The Morgan fingerprint density at radius 3 is 2.80 bits per heavy atom. The minimum absolute atomic E-state index is 0.219. The van der Waals surface area contributed by atoms with E-state index in [1.165, 1.54) is 0 Å². The van der Waals surface area contributed by atoms with Gasteiger partial charge in [-0.2, -0.15) is 11.3 Å². The molecule has 0 unspecified atom stereocenters. The van der Waals surface area contributed by atoms with Crippen LogP contribution in [0.2, 0.25) is 0 Å². The second-order valence-corrected chi connectivity index (χ2v) is 4.85. The van der Waals surface area contributed by atoms with Gasteiger partial charge in [0.2, 0.25) is 0 Å². The van der Waals surface area contributed by atoms with Crippen LogP contribution in [0, 0.1) is 0 Å². The molecule has 2 aromatic rings. The van der Waals surface area contributed by atoms with E-state index in [2.05, 4.69) is 15.9 Å². The Kier molecular flexibility index (Phi) is 3.09. The average Bonchev–Trinajstić information content (AvgIpc) is 2.74. The molecule has 0 aliphatic rings. The van der Waals surface area contributed by atoms with Gasteiger partial charge in [-0.05, 0) is 44.4 Å². The predicted molar refractivity (Wildman–Crippen MR) is 66.2 cm³/mol. The van der Waals surface area contributed by atoms with E-state index in [9.17, 15) is 5.11 Å². The molecule has 0 saturated carbocycles. The summed E-state index contributed by atoms with van der Waals surface area (Å²) in [4.78, 5) is 0. The van der Waals surface area contributed by atoms with Crippen molar-refractivity contribution < 1.29 is 5.11 Å². The van der Waals surface area contributed by atoms with Crippen molar-refractivity contribution in [1.29, 1.82) is 0 Å². The molecule has 0 radical (unpaired) electrons. The van der Waals surface area contributed by atoms with E-state index < -0.39 is 0 Å². The van der Waals surface area contributed by atoms with E-state index in [1.54, 1.807) is 17.4 Å². The monoisotopic (exact) mass is 283 g/mol. The molecule has 2 nitrogen and oxygen atoms in total. The molecule has 0 amide bonds. The molecule has 0 spiro atoms. The molecule has 1 aromatic carbocycles. The maximum atomic E-state index is 9.84. The molecule has 1 heterocycles. The van der Waals surface area contributed by atoms with Crippen molar-refractivity contribution >= 4 is 27.3 Å². The fraction of sp³-hybridized carbons (Fsp3) is 0.0909. The highest BCUT2D eigenvalue weighted by Gasteiger charge is 2.14. The summed E-state index contributed by atoms with van der Waals surface area (Å²) in [6.45, 7) is 0. The highest BCUT2D eigenvalue weighted by molar-refractivity contribution is 9.10. The number of rotatable bonds is 2. The predicted octanol–water partition coefficient (Wildman–Crippen LogP) is 3.26. The van der Waals surface area contributed by atoms with Crippen LogP contribution in [0.5, 0.6) is 5.75 Å². The minimum atomic E-state index is -0.270. The highest BCUT2D eigenvalue weighted by Crippen LogP contribution is 2.33. The molecule has 0 aliphatic carbocycles. The normalized spacial score (nSPS) is 12.7. The number of halogens is 1. The molecule has 3 N–H and O–H groups in total. The van der Waals surface area contributed by atoms with E-state index in [4.69, 9.17) is 5.73 Å². The Balaban J connectivity index is 2.42. The van der Waals surface area contributed by atoms with Crippen LogP contribution >= 0.6 is 27.3 Å². The van der Waals surface area contributed by atoms with E-state index in [0.29, 0.717) is 4.47 Å². The molecule has 4 heteroatoms. The van der Waals surface area contributed by atoms with Crippen LogP contribution in [0.25, 0.3) is 0 Å². The molecule has 1 aromatic heterocycles. The summed E-state index contributed by atoms with van der Waals surface area (Å²) in [5.74, 6) is 0.219. The molecule has 15 heavy (non-hydrogen) atoms. The molecule has 2 rings (SSSR count). The first-order valence-corrected chi connectivity index (χ1v) is 6.19. The lowest BCUT2D eigenvalue weighted by molar-refractivity contribution is 0.462. The van der Waals surface area contributed by atoms with Crippen molar-refractivity contribution in [3.8, 4) is 5.75 Å². The molecule has 78 valence electrons. The fourth-order valence-corrected chi connectivity index (χ4v) is 2.49. The zero-order valence-electron chi connectivity index (χ0n) is 7.85. The number of aromatic hydroxyl groups is 1. The van der Waals surface area contributed by atoms with Crippen molar-refractivity contribution in [3.63, 3.8) is 0 Å². The van der Waals surface area contributed by atoms with Gasteiger partial charge in [-0.25, -0.2) is 0 Å². The first kappa shape index (κ1) is 10.7. The van der Waals surface area contributed by atoms with Crippen LogP contribution < -0.4 is 5.73 Å². The molecule has 1 atom stereocenters. The van der Waals surface area contributed by atoms with Gasteiger partial charge < -0.3 is 10.8 Å². The van der Waals surface area contributed by atoms with E-state index in [-0.39, 0.29) is 11.8 Å². The number of benzene rings is 1. The van der Waals surface area contributed by atoms with Gasteiger partial charge in [0.05, 0.1) is 10.5 Å². The summed E-state index contributed by atoms with van der Waals surface area (Å²) in [5.41, 5.74) is 7.82. The van der Waals surface area contributed by atoms with E-state index >= 15 is 0 Å². The Labute approximate surface area is 100 Å². The first-order chi connectivity index (χ1) is 7.20. The molecule has 0 fully saturated rings. The first-order valence-electron chi connectivity index (χ1n) is 4.45. The number of thiophene rings is 1. The Hall–Kier alpha value is -0.840. The van der Waals surface area contributed by atoms with Crippen LogP contribution in [-0.2, 0) is 0 Å². The third-order valence-electron chi connectivity index (χ3n) is 2.26. The largest absolute Gasteiger partial charge is 0.506 e. The lowest BCUT2D eigenvalue weighted by Crippen LogP contribution is -2.10. The summed E-state index contributed by atoms with van der Waals surface area (Å²) in [6.07, 6.45) is 0. The van der Waals surface area contributed by atoms with Crippen LogP contribution in [0.1, 0.15) is 17.2 Å². The lowest BCUT2D eigenvalue weighted by Gasteiger charge is -2.13. The van der Waals surface area contributed by atoms with Gasteiger partial charge in [-0.3, -0.25) is 0 Å². The van der Waals surface area contributed by atoms with Crippen molar-refractivity contribution in [2.45, 2.75) is 6.04 Å². The number of phenols is 1. The summed E-state index contributed by atoms with van der Waals surface area (Å²) >= 11 is 4.87. The molecular weight excluding hydrogens is 274 g/mol. The quantitative estimate of drug-likeness (QED) is 0.889.